The Morgan fingerprint density at radius 3 is 2.59 bits per heavy atom. The fraction of sp³-hybridized carbons (Fsp3) is 0.278. The SMILES string of the molecule is Clc1cccc(COCc2ccc(C3=NCCCN3)cc2)c1. The first-order valence-corrected chi connectivity index (χ1v) is 7.89. The van der Waals surface area contributed by atoms with Gasteiger partial charge in [-0.05, 0) is 29.7 Å². The molecule has 0 saturated heterocycles. The fourth-order valence-corrected chi connectivity index (χ4v) is 2.61. The van der Waals surface area contributed by atoms with Crippen molar-refractivity contribution in [3.05, 3.63) is 70.2 Å². The first kappa shape index (κ1) is 15.1. The Morgan fingerprint density at radius 1 is 1.05 bits per heavy atom. The quantitative estimate of drug-likeness (QED) is 0.911. The largest absolute Gasteiger partial charge is 0.372 e. The van der Waals surface area contributed by atoms with Crippen LogP contribution >= 0.6 is 11.6 Å². The molecule has 0 aliphatic carbocycles. The molecule has 0 atom stereocenters. The molecule has 0 fully saturated rings. The molecule has 0 aromatic heterocycles. The number of aliphatic imine (C=N–C) groups is 1. The molecule has 2 aromatic carbocycles. The summed E-state index contributed by atoms with van der Waals surface area (Å²) in [5.41, 5.74) is 3.38. The van der Waals surface area contributed by atoms with Gasteiger partial charge in [0.2, 0.25) is 0 Å². The topological polar surface area (TPSA) is 33.6 Å². The van der Waals surface area contributed by atoms with E-state index in [0.717, 1.165) is 47.1 Å². The van der Waals surface area contributed by atoms with Gasteiger partial charge in [0.05, 0.1) is 13.2 Å². The van der Waals surface area contributed by atoms with Gasteiger partial charge in [-0.1, -0.05) is 48.0 Å². The molecule has 0 saturated carbocycles. The zero-order valence-electron chi connectivity index (χ0n) is 12.4. The maximum absolute atomic E-state index is 5.96. The molecule has 1 heterocycles. The Morgan fingerprint density at radius 2 is 1.86 bits per heavy atom. The van der Waals surface area contributed by atoms with Crippen molar-refractivity contribution in [2.45, 2.75) is 19.6 Å². The van der Waals surface area contributed by atoms with Crippen LogP contribution in [0.4, 0.5) is 0 Å². The summed E-state index contributed by atoms with van der Waals surface area (Å²) in [5, 5.41) is 4.07. The molecule has 1 N–H and O–H groups in total. The number of halogens is 1. The predicted molar refractivity (Wildman–Crippen MR) is 90.4 cm³/mol. The molecule has 0 amide bonds. The van der Waals surface area contributed by atoms with Crippen LogP contribution in [0.25, 0.3) is 0 Å². The van der Waals surface area contributed by atoms with Crippen LogP contribution in [0.3, 0.4) is 0 Å². The van der Waals surface area contributed by atoms with E-state index in [0.29, 0.717) is 13.2 Å². The Kier molecular flexibility index (Phi) is 5.09. The van der Waals surface area contributed by atoms with Gasteiger partial charge in [-0.25, -0.2) is 0 Å². The molecule has 1 aliphatic rings. The van der Waals surface area contributed by atoms with Crippen molar-refractivity contribution in [3.63, 3.8) is 0 Å². The van der Waals surface area contributed by atoms with E-state index in [1.165, 1.54) is 0 Å². The zero-order valence-corrected chi connectivity index (χ0v) is 13.1. The molecular weight excluding hydrogens is 296 g/mol. The van der Waals surface area contributed by atoms with E-state index < -0.39 is 0 Å². The lowest BCUT2D eigenvalue weighted by Gasteiger charge is -2.14. The van der Waals surface area contributed by atoms with Gasteiger partial charge in [0.25, 0.3) is 0 Å². The molecule has 3 nitrogen and oxygen atoms in total. The summed E-state index contributed by atoms with van der Waals surface area (Å²) in [6, 6.07) is 16.1. The predicted octanol–water partition coefficient (Wildman–Crippen LogP) is 3.80. The van der Waals surface area contributed by atoms with Crippen molar-refractivity contribution in [1.82, 2.24) is 5.32 Å². The summed E-state index contributed by atoms with van der Waals surface area (Å²) < 4.78 is 5.74. The van der Waals surface area contributed by atoms with Crippen LogP contribution in [0, 0.1) is 0 Å². The number of hydrogen-bond acceptors (Lipinski definition) is 3. The Balaban J connectivity index is 1.54. The molecule has 22 heavy (non-hydrogen) atoms. The Labute approximate surface area is 136 Å². The molecular formula is C18H19ClN2O. The lowest BCUT2D eigenvalue weighted by molar-refractivity contribution is 0.107. The minimum absolute atomic E-state index is 0.566. The van der Waals surface area contributed by atoms with Crippen molar-refractivity contribution in [1.29, 1.82) is 0 Å². The highest BCUT2D eigenvalue weighted by Crippen LogP contribution is 2.13. The molecule has 2 aromatic rings. The molecule has 114 valence electrons. The number of rotatable bonds is 5. The third kappa shape index (κ3) is 4.09. The van der Waals surface area contributed by atoms with Crippen molar-refractivity contribution in [2.24, 2.45) is 4.99 Å². The van der Waals surface area contributed by atoms with Crippen LogP contribution in [0.1, 0.15) is 23.1 Å². The monoisotopic (exact) mass is 314 g/mol. The minimum Gasteiger partial charge on any atom is -0.372 e. The van der Waals surface area contributed by atoms with Crippen LogP contribution in [-0.4, -0.2) is 18.9 Å². The maximum Gasteiger partial charge on any atom is 0.128 e. The highest BCUT2D eigenvalue weighted by molar-refractivity contribution is 6.30. The summed E-state index contributed by atoms with van der Waals surface area (Å²) in [6.45, 7) is 3.07. The molecule has 0 spiro atoms. The van der Waals surface area contributed by atoms with E-state index >= 15 is 0 Å². The van der Waals surface area contributed by atoms with Gasteiger partial charge < -0.3 is 10.1 Å². The fourth-order valence-electron chi connectivity index (χ4n) is 2.40. The van der Waals surface area contributed by atoms with Gasteiger partial charge in [0.1, 0.15) is 5.84 Å². The van der Waals surface area contributed by atoms with Crippen LogP contribution in [0.5, 0.6) is 0 Å². The average molecular weight is 315 g/mol. The summed E-state index contributed by atoms with van der Waals surface area (Å²) in [7, 11) is 0. The second-order valence-corrected chi connectivity index (χ2v) is 5.77. The Bertz CT molecular complexity index is 652. The van der Waals surface area contributed by atoms with E-state index in [4.69, 9.17) is 16.3 Å². The smallest absolute Gasteiger partial charge is 0.128 e. The molecule has 1 aliphatic heterocycles. The van der Waals surface area contributed by atoms with Gasteiger partial charge in [0.15, 0.2) is 0 Å². The lowest BCUT2D eigenvalue weighted by Crippen LogP contribution is -2.30. The summed E-state index contributed by atoms with van der Waals surface area (Å²) >= 11 is 5.96. The molecule has 0 bridgehead atoms. The first-order valence-electron chi connectivity index (χ1n) is 7.51. The standard InChI is InChI=1S/C18H19ClN2O/c19-17-4-1-3-15(11-17)13-22-12-14-5-7-16(8-6-14)18-20-9-2-10-21-18/h1,3-8,11H,2,9-10,12-13H2,(H,20,21). The molecule has 4 heteroatoms. The summed E-state index contributed by atoms with van der Waals surface area (Å²) in [6.07, 6.45) is 1.11. The van der Waals surface area contributed by atoms with Gasteiger partial charge >= 0.3 is 0 Å². The highest BCUT2D eigenvalue weighted by atomic mass is 35.5. The van der Waals surface area contributed by atoms with Gasteiger partial charge in [-0.15, -0.1) is 0 Å². The number of hydrogen-bond donors (Lipinski definition) is 1. The first-order chi connectivity index (χ1) is 10.8. The third-order valence-electron chi connectivity index (χ3n) is 3.55. The van der Waals surface area contributed by atoms with Crippen molar-refractivity contribution >= 4 is 17.4 Å². The molecule has 0 unspecified atom stereocenters. The van der Waals surface area contributed by atoms with E-state index in [1.54, 1.807) is 0 Å². The number of benzene rings is 2. The highest BCUT2D eigenvalue weighted by Gasteiger charge is 2.06. The number of nitrogens with one attached hydrogen (secondary N) is 1. The van der Waals surface area contributed by atoms with Gasteiger partial charge in [0, 0.05) is 23.7 Å². The average Bonchev–Trinajstić information content (AvgIpc) is 2.56. The second-order valence-electron chi connectivity index (χ2n) is 5.33. The van der Waals surface area contributed by atoms with Gasteiger partial charge in [-0.3, -0.25) is 4.99 Å². The van der Waals surface area contributed by atoms with Crippen LogP contribution < -0.4 is 5.32 Å². The molecule has 0 radical (unpaired) electrons. The van der Waals surface area contributed by atoms with Crippen molar-refractivity contribution in [2.75, 3.05) is 13.1 Å². The van der Waals surface area contributed by atoms with E-state index in [-0.39, 0.29) is 0 Å². The maximum atomic E-state index is 5.96. The van der Waals surface area contributed by atoms with E-state index in [2.05, 4.69) is 34.6 Å². The Hall–Kier alpha value is -1.84. The van der Waals surface area contributed by atoms with Crippen LogP contribution in [-0.2, 0) is 18.0 Å². The zero-order chi connectivity index (χ0) is 15.2. The van der Waals surface area contributed by atoms with E-state index in [1.807, 2.05) is 24.3 Å². The van der Waals surface area contributed by atoms with Crippen LogP contribution in [0.15, 0.2) is 53.5 Å². The van der Waals surface area contributed by atoms with E-state index in [9.17, 15) is 0 Å². The van der Waals surface area contributed by atoms with Crippen molar-refractivity contribution in [3.8, 4) is 0 Å². The minimum atomic E-state index is 0.566. The van der Waals surface area contributed by atoms with Crippen molar-refractivity contribution < 1.29 is 4.74 Å². The number of ether oxygens (including phenoxy) is 1. The number of amidine groups is 1. The lowest BCUT2D eigenvalue weighted by atomic mass is 10.1. The summed E-state index contributed by atoms with van der Waals surface area (Å²) in [5.74, 6) is 0.998. The normalized spacial score (nSPS) is 14.3. The number of nitrogens with zero attached hydrogens (tertiary/aromatic N) is 1. The molecule has 3 rings (SSSR count). The summed E-state index contributed by atoms with van der Waals surface area (Å²) in [4.78, 5) is 4.50. The third-order valence-corrected chi connectivity index (χ3v) is 3.79. The second kappa shape index (κ2) is 7.43. The van der Waals surface area contributed by atoms with Crippen LogP contribution in [0.2, 0.25) is 5.02 Å². The van der Waals surface area contributed by atoms with Gasteiger partial charge in [-0.2, -0.15) is 0 Å².